The summed E-state index contributed by atoms with van der Waals surface area (Å²) in [6, 6.07) is 9.31. The van der Waals surface area contributed by atoms with E-state index < -0.39 is 11.7 Å². The van der Waals surface area contributed by atoms with E-state index in [1.54, 1.807) is 12.3 Å². The molecule has 9 heteroatoms. The molecule has 2 aliphatic rings. The summed E-state index contributed by atoms with van der Waals surface area (Å²) >= 11 is 0. The van der Waals surface area contributed by atoms with E-state index in [2.05, 4.69) is 15.6 Å². The molecule has 1 atom stereocenters. The quantitative estimate of drug-likeness (QED) is 0.264. The van der Waals surface area contributed by atoms with Gasteiger partial charge in [0, 0.05) is 25.6 Å². The third-order valence-corrected chi connectivity index (χ3v) is 6.27. The molecule has 1 saturated heterocycles. The second-order valence-electron chi connectivity index (χ2n) is 8.69. The van der Waals surface area contributed by atoms with E-state index in [1.165, 1.54) is 18.9 Å². The van der Waals surface area contributed by atoms with Gasteiger partial charge in [-0.1, -0.05) is 25.0 Å². The van der Waals surface area contributed by atoms with Gasteiger partial charge in [-0.05, 0) is 55.5 Å². The van der Waals surface area contributed by atoms with Gasteiger partial charge in [-0.3, -0.25) is 0 Å². The summed E-state index contributed by atoms with van der Waals surface area (Å²) in [5.41, 5.74) is -0.166. The van der Waals surface area contributed by atoms with Crippen molar-refractivity contribution in [2.24, 2.45) is 4.99 Å². The lowest BCUT2D eigenvalue weighted by Gasteiger charge is -2.39. The minimum atomic E-state index is -4.36. The summed E-state index contributed by atoms with van der Waals surface area (Å²) < 4.78 is 50.6. The molecule has 2 N–H and O–H groups in total. The number of guanidine groups is 1. The van der Waals surface area contributed by atoms with Crippen LogP contribution in [-0.2, 0) is 23.9 Å². The van der Waals surface area contributed by atoms with Crippen molar-refractivity contribution in [2.75, 3.05) is 13.2 Å². The molecule has 1 aliphatic carbocycles. The van der Waals surface area contributed by atoms with Gasteiger partial charge in [-0.2, -0.15) is 13.2 Å². The maximum Gasteiger partial charge on any atom is 0.416 e. The molecular formula is C24H31F3IN3O2. The summed E-state index contributed by atoms with van der Waals surface area (Å²) in [5, 5.41) is 6.82. The summed E-state index contributed by atoms with van der Waals surface area (Å²) in [7, 11) is 0. The minimum absolute atomic E-state index is 0. The van der Waals surface area contributed by atoms with Crippen LogP contribution in [0.1, 0.15) is 55.4 Å². The molecule has 2 heterocycles. The number of alkyl halides is 3. The van der Waals surface area contributed by atoms with Crippen molar-refractivity contribution in [3.05, 3.63) is 59.5 Å². The number of nitrogens with zero attached hydrogens (tertiary/aromatic N) is 1. The van der Waals surface area contributed by atoms with Gasteiger partial charge in [0.2, 0.25) is 0 Å². The highest BCUT2D eigenvalue weighted by Crippen LogP contribution is 2.40. The highest BCUT2D eigenvalue weighted by molar-refractivity contribution is 14.0. The van der Waals surface area contributed by atoms with Crippen molar-refractivity contribution in [3.8, 4) is 0 Å². The Morgan fingerprint density at radius 1 is 1.15 bits per heavy atom. The Hall–Kier alpha value is -1.75. The number of furan rings is 1. The van der Waals surface area contributed by atoms with E-state index >= 15 is 0 Å². The highest BCUT2D eigenvalue weighted by Gasteiger charge is 2.40. The number of aliphatic imine (C=N–C) groups is 1. The Morgan fingerprint density at radius 3 is 2.70 bits per heavy atom. The molecule has 4 rings (SSSR count). The fourth-order valence-electron chi connectivity index (χ4n) is 4.64. The third-order valence-electron chi connectivity index (χ3n) is 6.27. The largest absolute Gasteiger partial charge is 0.469 e. The Labute approximate surface area is 209 Å². The fraction of sp³-hybridized carbons (Fsp3) is 0.542. The van der Waals surface area contributed by atoms with Crippen LogP contribution < -0.4 is 10.6 Å². The second-order valence-corrected chi connectivity index (χ2v) is 8.69. The van der Waals surface area contributed by atoms with Crippen molar-refractivity contribution in [1.82, 2.24) is 10.6 Å². The van der Waals surface area contributed by atoms with Gasteiger partial charge < -0.3 is 19.8 Å². The van der Waals surface area contributed by atoms with Crippen LogP contribution in [0.2, 0.25) is 0 Å². The Kier molecular flexibility index (Phi) is 9.09. The summed E-state index contributed by atoms with van der Waals surface area (Å²) in [6.45, 7) is 1.48. The number of benzene rings is 1. The smallest absolute Gasteiger partial charge is 0.416 e. The van der Waals surface area contributed by atoms with E-state index in [1.807, 2.05) is 12.1 Å². The molecule has 0 bridgehead atoms. The lowest BCUT2D eigenvalue weighted by Crippen LogP contribution is -2.51. The fourth-order valence-corrected chi connectivity index (χ4v) is 4.64. The number of hydrogen-bond donors (Lipinski definition) is 2. The van der Waals surface area contributed by atoms with E-state index in [9.17, 15) is 13.2 Å². The first kappa shape index (κ1) is 25.9. The SMILES string of the molecule is FC(F)(F)c1cccc(CN=C(NCCc2ccco2)NC2CCOC3(CCCC3)C2)c1.I. The molecule has 5 nitrogen and oxygen atoms in total. The number of rotatable bonds is 6. The number of ether oxygens (including phenoxy) is 1. The van der Waals surface area contributed by atoms with Crippen LogP contribution in [0.15, 0.2) is 52.1 Å². The van der Waals surface area contributed by atoms with Crippen LogP contribution in [0, 0.1) is 0 Å². The molecule has 0 radical (unpaired) electrons. The first-order valence-electron chi connectivity index (χ1n) is 11.3. The number of halogens is 4. The summed E-state index contributed by atoms with van der Waals surface area (Å²) in [5.74, 6) is 1.47. The maximum atomic E-state index is 13.0. The Morgan fingerprint density at radius 2 is 1.97 bits per heavy atom. The lowest BCUT2D eigenvalue weighted by molar-refractivity contribution is -0.137. The summed E-state index contributed by atoms with van der Waals surface area (Å²) in [6.07, 6.45) is 4.35. The second kappa shape index (κ2) is 11.6. The monoisotopic (exact) mass is 577 g/mol. The zero-order chi connectivity index (χ0) is 22.4. The van der Waals surface area contributed by atoms with E-state index in [4.69, 9.17) is 9.15 Å². The van der Waals surface area contributed by atoms with Crippen molar-refractivity contribution in [3.63, 3.8) is 0 Å². The first-order valence-corrected chi connectivity index (χ1v) is 11.3. The molecular weight excluding hydrogens is 546 g/mol. The normalized spacial score (nSPS) is 20.5. The van der Waals surface area contributed by atoms with Crippen LogP contribution in [0.5, 0.6) is 0 Å². The van der Waals surface area contributed by atoms with Gasteiger partial charge in [0.15, 0.2) is 5.96 Å². The van der Waals surface area contributed by atoms with Crippen LogP contribution >= 0.6 is 24.0 Å². The van der Waals surface area contributed by atoms with Crippen molar-refractivity contribution in [2.45, 2.75) is 69.3 Å². The zero-order valence-corrected chi connectivity index (χ0v) is 20.8. The molecule has 0 amide bonds. The number of hydrogen-bond acceptors (Lipinski definition) is 3. The minimum Gasteiger partial charge on any atom is -0.469 e. The molecule has 1 spiro atoms. The van der Waals surface area contributed by atoms with Crippen molar-refractivity contribution in [1.29, 1.82) is 0 Å². The van der Waals surface area contributed by atoms with Gasteiger partial charge in [0.1, 0.15) is 5.76 Å². The van der Waals surface area contributed by atoms with E-state index in [0.717, 1.165) is 43.6 Å². The standard InChI is InChI=1S/C24H30F3N3O2.HI/c25-24(26,27)19-6-3-5-18(15-19)17-29-22(28-12-8-21-7-4-13-31-21)30-20-9-14-32-23(16-20)10-1-2-11-23;/h3-7,13,15,20H,1-2,8-12,14,16-17H2,(H2,28,29,30);1H. The van der Waals surface area contributed by atoms with Gasteiger partial charge in [0.05, 0.1) is 24.0 Å². The molecule has 182 valence electrons. The average Bonchev–Trinajstić information content (AvgIpc) is 3.44. The topological polar surface area (TPSA) is 58.8 Å². The molecule has 2 aromatic rings. The van der Waals surface area contributed by atoms with Crippen LogP contribution in [-0.4, -0.2) is 30.8 Å². The Bertz CT molecular complexity index is 897. The van der Waals surface area contributed by atoms with Gasteiger partial charge >= 0.3 is 6.18 Å². The third kappa shape index (κ3) is 7.37. The predicted octanol–water partition coefficient (Wildman–Crippen LogP) is 5.69. The molecule has 1 aliphatic heterocycles. The average molecular weight is 577 g/mol. The van der Waals surface area contributed by atoms with Crippen LogP contribution in [0.4, 0.5) is 13.2 Å². The molecule has 2 fully saturated rings. The van der Waals surface area contributed by atoms with Crippen molar-refractivity contribution >= 4 is 29.9 Å². The molecule has 1 aromatic heterocycles. The number of nitrogens with one attached hydrogen (secondary N) is 2. The molecule has 1 unspecified atom stereocenters. The molecule has 1 saturated carbocycles. The zero-order valence-electron chi connectivity index (χ0n) is 18.5. The maximum absolute atomic E-state index is 13.0. The van der Waals surface area contributed by atoms with Gasteiger partial charge in [-0.15, -0.1) is 24.0 Å². The van der Waals surface area contributed by atoms with Crippen LogP contribution in [0.25, 0.3) is 0 Å². The van der Waals surface area contributed by atoms with E-state index in [-0.39, 0.29) is 42.2 Å². The molecule has 1 aromatic carbocycles. The van der Waals surface area contributed by atoms with Gasteiger partial charge in [0.25, 0.3) is 0 Å². The Balaban J connectivity index is 0.00000306. The van der Waals surface area contributed by atoms with E-state index in [0.29, 0.717) is 31.1 Å². The lowest BCUT2D eigenvalue weighted by atomic mass is 9.89. The molecule has 33 heavy (non-hydrogen) atoms. The summed E-state index contributed by atoms with van der Waals surface area (Å²) in [4.78, 5) is 4.60. The van der Waals surface area contributed by atoms with Crippen LogP contribution in [0.3, 0.4) is 0 Å². The van der Waals surface area contributed by atoms with Crippen molar-refractivity contribution < 1.29 is 22.3 Å². The highest BCUT2D eigenvalue weighted by atomic mass is 127. The first-order chi connectivity index (χ1) is 15.4. The van der Waals surface area contributed by atoms with Gasteiger partial charge in [-0.25, -0.2) is 4.99 Å². The predicted molar refractivity (Wildman–Crippen MR) is 132 cm³/mol.